The summed E-state index contributed by atoms with van der Waals surface area (Å²) in [6.07, 6.45) is 4.48. The highest BCUT2D eigenvalue weighted by Crippen LogP contribution is 2.24. The summed E-state index contributed by atoms with van der Waals surface area (Å²) in [5, 5.41) is 3.50. The van der Waals surface area contributed by atoms with E-state index in [1.54, 1.807) is 0 Å². The van der Waals surface area contributed by atoms with Gasteiger partial charge in [0, 0.05) is 12.6 Å². The molecule has 1 heterocycles. The lowest BCUT2D eigenvalue weighted by Gasteiger charge is -2.26. The molecule has 0 aromatic heterocycles. The summed E-state index contributed by atoms with van der Waals surface area (Å²) in [5.41, 5.74) is 1.39. The van der Waals surface area contributed by atoms with Crippen LogP contribution in [0.2, 0.25) is 0 Å². The second-order valence-electron chi connectivity index (χ2n) is 3.58. The average molecular weight is 173 g/mol. The predicted octanol–water partition coefficient (Wildman–Crippen LogP) is 2.52. The molecule has 1 aromatic rings. The fraction of sp³-hybridized carbons (Fsp3) is 0.333. The third kappa shape index (κ3) is 1.81. The van der Waals surface area contributed by atoms with Crippen LogP contribution in [0.3, 0.4) is 0 Å². The van der Waals surface area contributed by atoms with Crippen LogP contribution < -0.4 is 5.32 Å². The second-order valence-corrected chi connectivity index (χ2v) is 3.58. The van der Waals surface area contributed by atoms with Crippen LogP contribution in [0.5, 0.6) is 0 Å². The van der Waals surface area contributed by atoms with Gasteiger partial charge in [0.15, 0.2) is 0 Å². The monoisotopic (exact) mass is 173 g/mol. The van der Waals surface area contributed by atoms with Crippen molar-refractivity contribution in [1.29, 1.82) is 0 Å². The Labute approximate surface area is 79.5 Å². The van der Waals surface area contributed by atoms with Gasteiger partial charge in [-0.3, -0.25) is 0 Å². The van der Waals surface area contributed by atoms with Crippen LogP contribution in [-0.4, -0.2) is 6.54 Å². The Bertz CT molecular complexity index is 289. The van der Waals surface area contributed by atoms with E-state index in [-0.39, 0.29) is 0 Å². The van der Waals surface area contributed by atoms with E-state index in [1.807, 2.05) is 0 Å². The largest absolute Gasteiger partial charge is 0.306 e. The molecule has 0 saturated heterocycles. The van der Waals surface area contributed by atoms with Crippen molar-refractivity contribution < 1.29 is 0 Å². The summed E-state index contributed by atoms with van der Waals surface area (Å²) >= 11 is 0. The Hall–Kier alpha value is -1.08. The van der Waals surface area contributed by atoms with Gasteiger partial charge >= 0.3 is 0 Å². The van der Waals surface area contributed by atoms with Crippen molar-refractivity contribution in [3.8, 4) is 0 Å². The van der Waals surface area contributed by atoms with Crippen LogP contribution >= 0.6 is 0 Å². The Morgan fingerprint density at radius 3 is 2.69 bits per heavy atom. The highest BCUT2D eigenvalue weighted by molar-refractivity contribution is 5.22. The highest BCUT2D eigenvalue weighted by Gasteiger charge is 2.17. The van der Waals surface area contributed by atoms with Gasteiger partial charge < -0.3 is 5.32 Å². The molecule has 1 nitrogen and oxygen atoms in total. The highest BCUT2D eigenvalue weighted by atomic mass is 14.9. The number of hydrogen-bond acceptors (Lipinski definition) is 1. The molecule has 0 aliphatic carbocycles. The van der Waals surface area contributed by atoms with E-state index >= 15 is 0 Å². The summed E-state index contributed by atoms with van der Waals surface area (Å²) in [7, 11) is 0. The van der Waals surface area contributed by atoms with Gasteiger partial charge in [-0.05, 0) is 11.5 Å². The van der Waals surface area contributed by atoms with Gasteiger partial charge in [-0.15, -0.1) is 0 Å². The lowest BCUT2D eigenvalue weighted by atomic mass is 9.92. The molecule has 2 rings (SSSR count). The summed E-state index contributed by atoms with van der Waals surface area (Å²) in [6, 6.07) is 11.1. The zero-order chi connectivity index (χ0) is 9.10. The van der Waals surface area contributed by atoms with E-state index in [0.29, 0.717) is 12.0 Å². The standard InChI is InChI=1S/C12H15N/c1-10-6-5-9-13-12(10)11-7-3-2-4-8-11/h2-8,10,12-13H,9H2,1H3/t10-,12-/m0/s1. The molecule has 1 aromatic carbocycles. The van der Waals surface area contributed by atoms with Crippen molar-refractivity contribution in [3.63, 3.8) is 0 Å². The van der Waals surface area contributed by atoms with Gasteiger partial charge in [0.2, 0.25) is 0 Å². The van der Waals surface area contributed by atoms with Crippen molar-refractivity contribution in [2.24, 2.45) is 5.92 Å². The third-order valence-corrected chi connectivity index (χ3v) is 2.58. The molecule has 0 bridgehead atoms. The summed E-state index contributed by atoms with van der Waals surface area (Å²) in [6.45, 7) is 3.24. The van der Waals surface area contributed by atoms with Crippen LogP contribution in [-0.2, 0) is 0 Å². The van der Waals surface area contributed by atoms with E-state index in [9.17, 15) is 0 Å². The molecular formula is C12H15N. The van der Waals surface area contributed by atoms with Gasteiger partial charge in [0.25, 0.3) is 0 Å². The predicted molar refractivity (Wildman–Crippen MR) is 55.5 cm³/mol. The lowest BCUT2D eigenvalue weighted by Crippen LogP contribution is -2.29. The molecule has 1 N–H and O–H groups in total. The van der Waals surface area contributed by atoms with Crippen LogP contribution in [0.4, 0.5) is 0 Å². The smallest absolute Gasteiger partial charge is 0.0383 e. The van der Waals surface area contributed by atoms with Gasteiger partial charge in [0.05, 0.1) is 0 Å². The first-order valence-electron chi connectivity index (χ1n) is 4.83. The SMILES string of the molecule is C[C@H]1C=CCN[C@@H]1c1ccccc1. The van der Waals surface area contributed by atoms with Crippen LogP contribution in [0.15, 0.2) is 42.5 Å². The molecule has 0 saturated carbocycles. The molecule has 1 heteroatoms. The maximum atomic E-state index is 3.50. The van der Waals surface area contributed by atoms with Crippen LogP contribution in [0, 0.1) is 5.92 Å². The van der Waals surface area contributed by atoms with E-state index < -0.39 is 0 Å². The minimum absolute atomic E-state index is 0.492. The molecule has 0 unspecified atom stereocenters. The normalized spacial score (nSPS) is 27.5. The number of nitrogens with one attached hydrogen (secondary N) is 1. The third-order valence-electron chi connectivity index (χ3n) is 2.58. The fourth-order valence-corrected chi connectivity index (χ4v) is 1.86. The number of benzene rings is 1. The minimum Gasteiger partial charge on any atom is -0.306 e. The Morgan fingerprint density at radius 2 is 2.00 bits per heavy atom. The van der Waals surface area contributed by atoms with E-state index in [1.165, 1.54) is 5.56 Å². The first-order valence-corrected chi connectivity index (χ1v) is 4.83. The Kier molecular flexibility index (Phi) is 2.46. The molecule has 0 fully saturated rings. The molecule has 2 atom stereocenters. The van der Waals surface area contributed by atoms with Crippen molar-refractivity contribution in [2.45, 2.75) is 13.0 Å². The zero-order valence-corrected chi connectivity index (χ0v) is 7.90. The quantitative estimate of drug-likeness (QED) is 0.643. The number of rotatable bonds is 1. The van der Waals surface area contributed by atoms with Gasteiger partial charge in [-0.1, -0.05) is 49.4 Å². The van der Waals surface area contributed by atoms with E-state index in [0.717, 1.165) is 6.54 Å². The molecule has 1 aliphatic heterocycles. The van der Waals surface area contributed by atoms with Gasteiger partial charge in [-0.25, -0.2) is 0 Å². The maximum absolute atomic E-state index is 3.50. The van der Waals surface area contributed by atoms with E-state index in [2.05, 4.69) is 54.7 Å². The Balaban J connectivity index is 2.22. The lowest BCUT2D eigenvalue weighted by molar-refractivity contribution is 0.446. The molecule has 13 heavy (non-hydrogen) atoms. The maximum Gasteiger partial charge on any atom is 0.0383 e. The van der Waals surface area contributed by atoms with Gasteiger partial charge in [-0.2, -0.15) is 0 Å². The fourth-order valence-electron chi connectivity index (χ4n) is 1.86. The van der Waals surface area contributed by atoms with Crippen LogP contribution in [0.1, 0.15) is 18.5 Å². The average Bonchev–Trinajstić information content (AvgIpc) is 2.20. The molecule has 68 valence electrons. The van der Waals surface area contributed by atoms with Crippen molar-refractivity contribution in [2.75, 3.05) is 6.54 Å². The summed E-state index contributed by atoms with van der Waals surface area (Å²) in [5.74, 6) is 0.594. The van der Waals surface area contributed by atoms with E-state index in [4.69, 9.17) is 0 Å². The van der Waals surface area contributed by atoms with Crippen molar-refractivity contribution in [3.05, 3.63) is 48.0 Å². The zero-order valence-electron chi connectivity index (χ0n) is 7.90. The van der Waals surface area contributed by atoms with Crippen LogP contribution in [0.25, 0.3) is 0 Å². The van der Waals surface area contributed by atoms with Gasteiger partial charge in [0.1, 0.15) is 0 Å². The van der Waals surface area contributed by atoms with Crippen molar-refractivity contribution >= 4 is 0 Å². The first kappa shape index (κ1) is 8.52. The minimum atomic E-state index is 0.492. The number of hydrogen-bond donors (Lipinski definition) is 1. The summed E-state index contributed by atoms with van der Waals surface area (Å²) < 4.78 is 0. The first-order chi connectivity index (χ1) is 6.38. The second kappa shape index (κ2) is 3.75. The topological polar surface area (TPSA) is 12.0 Å². The summed E-state index contributed by atoms with van der Waals surface area (Å²) in [4.78, 5) is 0. The molecule has 0 radical (unpaired) electrons. The molecule has 1 aliphatic rings. The molecule has 0 spiro atoms. The molecular weight excluding hydrogens is 158 g/mol. The Morgan fingerprint density at radius 1 is 1.23 bits per heavy atom. The van der Waals surface area contributed by atoms with Crippen molar-refractivity contribution in [1.82, 2.24) is 5.32 Å². The molecule has 0 amide bonds.